The maximum absolute atomic E-state index is 6.37. The molecule has 2 rings (SSSR count). The van der Waals surface area contributed by atoms with E-state index >= 15 is 0 Å². The first kappa shape index (κ1) is 11.9. The summed E-state index contributed by atoms with van der Waals surface area (Å²) in [5.74, 6) is 0.916. The fourth-order valence-corrected chi connectivity index (χ4v) is 2.05. The third-order valence-corrected chi connectivity index (χ3v) is 3.43. The highest BCUT2D eigenvalue weighted by Crippen LogP contribution is 2.33. The van der Waals surface area contributed by atoms with Gasteiger partial charge < -0.3 is 10.3 Å². The molecule has 1 heterocycles. The summed E-state index contributed by atoms with van der Waals surface area (Å²) in [6.45, 7) is 4.31. The van der Waals surface area contributed by atoms with Crippen molar-refractivity contribution in [2.45, 2.75) is 25.3 Å². The second-order valence-electron chi connectivity index (χ2n) is 4.96. The quantitative estimate of drug-likeness (QED) is 0.878. The molecule has 2 aromatic rings. The van der Waals surface area contributed by atoms with E-state index in [1.807, 2.05) is 36.0 Å². The van der Waals surface area contributed by atoms with E-state index in [-0.39, 0.29) is 11.5 Å². The van der Waals surface area contributed by atoms with Crippen LogP contribution < -0.4 is 5.73 Å². The van der Waals surface area contributed by atoms with Crippen molar-refractivity contribution in [2.75, 3.05) is 0 Å². The minimum absolute atomic E-state index is 0.120. The van der Waals surface area contributed by atoms with Crippen LogP contribution in [0.3, 0.4) is 0 Å². The number of aromatic nitrogens is 2. The lowest BCUT2D eigenvalue weighted by Gasteiger charge is -2.31. The summed E-state index contributed by atoms with van der Waals surface area (Å²) in [6.07, 6.45) is 3.71. The summed E-state index contributed by atoms with van der Waals surface area (Å²) >= 11 is 0. The van der Waals surface area contributed by atoms with Crippen molar-refractivity contribution in [2.24, 2.45) is 12.8 Å². The molecule has 1 unspecified atom stereocenters. The summed E-state index contributed by atoms with van der Waals surface area (Å²) in [7, 11) is 1.98. The summed E-state index contributed by atoms with van der Waals surface area (Å²) in [4.78, 5) is 4.35. The Balaban J connectivity index is 2.37. The van der Waals surface area contributed by atoms with Crippen molar-refractivity contribution < 1.29 is 0 Å². The molecule has 2 N–H and O–H groups in total. The summed E-state index contributed by atoms with van der Waals surface area (Å²) in [5, 5.41) is 0. The molecule has 0 saturated heterocycles. The molecule has 0 radical (unpaired) electrons. The minimum atomic E-state index is -0.139. The number of imidazole rings is 1. The number of hydrogen-bond donors (Lipinski definition) is 1. The zero-order valence-electron chi connectivity index (χ0n) is 10.6. The van der Waals surface area contributed by atoms with Crippen molar-refractivity contribution in [1.82, 2.24) is 9.55 Å². The Hall–Kier alpha value is -1.61. The molecule has 1 aromatic carbocycles. The molecule has 0 spiro atoms. The molecular formula is C14H19N3. The van der Waals surface area contributed by atoms with Crippen molar-refractivity contribution in [1.29, 1.82) is 0 Å². The monoisotopic (exact) mass is 229 g/mol. The predicted octanol–water partition coefficient (Wildman–Crippen LogP) is 2.40. The van der Waals surface area contributed by atoms with Crippen LogP contribution in [-0.2, 0) is 12.5 Å². The lowest BCUT2D eigenvalue weighted by Crippen LogP contribution is -2.35. The molecule has 0 aliphatic rings. The Morgan fingerprint density at radius 2 is 1.88 bits per heavy atom. The number of nitrogens with zero attached hydrogens (tertiary/aromatic N) is 2. The minimum Gasteiger partial charge on any atom is -0.337 e. The standard InChI is InChI=1S/C14H19N3/c1-14(2,11-7-5-4-6-8-11)12(15)13-16-9-10-17(13)3/h4-10,12H,15H2,1-3H3. The van der Waals surface area contributed by atoms with Crippen LogP contribution in [0.5, 0.6) is 0 Å². The molecule has 1 atom stereocenters. The van der Waals surface area contributed by atoms with Gasteiger partial charge in [-0.2, -0.15) is 0 Å². The van der Waals surface area contributed by atoms with Gasteiger partial charge in [-0.1, -0.05) is 44.2 Å². The lowest BCUT2D eigenvalue weighted by molar-refractivity contribution is 0.397. The van der Waals surface area contributed by atoms with Crippen LogP contribution in [-0.4, -0.2) is 9.55 Å². The molecule has 0 aliphatic carbocycles. The van der Waals surface area contributed by atoms with Gasteiger partial charge in [-0.15, -0.1) is 0 Å². The zero-order valence-corrected chi connectivity index (χ0v) is 10.6. The van der Waals surface area contributed by atoms with Gasteiger partial charge in [-0.05, 0) is 5.56 Å². The van der Waals surface area contributed by atoms with E-state index in [0.29, 0.717) is 0 Å². The SMILES string of the molecule is Cn1ccnc1C(N)C(C)(C)c1ccccc1. The maximum atomic E-state index is 6.37. The smallest absolute Gasteiger partial charge is 0.126 e. The lowest BCUT2D eigenvalue weighted by atomic mass is 9.78. The van der Waals surface area contributed by atoms with Crippen LogP contribution in [0.15, 0.2) is 42.7 Å². The highest BCUT2D eigenvalue weighted by molar-refractivity contribution is 5.27. The topological polar surface area (TPSA) is 43.8 Å². The van der Waals surface area contributed by atoms with E-state index in [4.69, 9.17) is 5.73 Å². The van der Waals surface area contributed by atoms with Crippen molar-refractivity contribution in [3.63, 3.8) is 0 Å². The first-order chi connectivity index (χ1) is 8.03. The third kappa shape index (κ3) is 2.11. The molecule has 0 bridgehead atoms. The fourth-order valence-electron chi connectivity index (χ4n) is 2.05. The summed E-state index contributed by atoms with van der Waals surface area (Å²) < 4.78 is 1.98. The molecule has 1 aromatic heterocycles. The molecule has 3 heteroatoms. The Labute approximate surface area is 102 Å². The van der Waals surface area contributed by atoms with Crippen LogP contribution >= 0.6 is 0 Å². The number of aryl methyl sites for hydroxylation is 1. The third-order valence-electron chi connectivity index (χ3n) is 3.43. The molecular weight excluding hydrogens is 210 g/mol. The zero-order chi connectivity index (χ0) is 12.5. The van der Waals surface area contributed by atoms with E-state index < -0.39 is 0 Å². The molecule has 3 nitrogen and oxygen atoms in total. The second kappa shape index (κ2) is 4.34. The Bertz CT molecular complexity index is 485. The van der Waals surface area contributed by atoms with Gasteiger partial charge >= 0.3 is 0 Å². The first-order valence-corrected chi connectivity index (χ1v) is 5.82. The fraction of sp³-hybridized carbons (Fsp3) is 0.357. The normalized spacial score (nSPS) is 13.6. The van der Waals surface area contributed by atoms with Crippen LogP contribution in [0.2, 0.25) is 0 Å². The molecule has 0 saturated carbocycles. The van der Waals surface area contributed by atoms with Crippen molar-refractivity contribution >= 4 is 0 Å². The van der Waals surface area contributed by atoms with Gasteiger partial charge in [0, 0.05) is 24.9 Å². The van der Waals surface area contributed by atoms with Gasteiger partial charge in [0.05, 0.1) is 6.04 Å². The number of hydrogen-bond acceptors (Lipinski definition) is 2. The van der Waals surface area contributed by atoms with Gasteiger partial charge in [-0.25, -0.2) is 4.98 Å². The van der Waals surface area contributed by atoms with Crippen molar-refractivity contribution in [3.8, 4) is 0 Å². The highest BCUT2D eigenvalue weighted by Gasteiger charge is 2.31. The number of rotatable bonds is 3. The predicted molar refractivity (Wildman–Crippen MR) is 69.6 cm³/mol. The van der Waals surface area contributed by atoms with Gasteiger partial charge in [-0.3, -0.25) is 0 Å². The van der Waals surface area contributed by atoms with Crippen LogP contribution in [0, 0.1) is 0 Å². The van der Waals surface area contributed by atoms with Gasteiger partial charge in [0.1, 0.15) is 5.82 Å². The first-order valence-electron chi connectivity index (χ1n) is 5.82. The summed E-state index contributed by atoms with van der Waals surface area (Å²) in [6, 6.07) is 10.2. The maximum Gasteiger partial charge on any atom is 0.126 e. The van der Waals surface area contributed by atoms with E-state index in [1.54, 1.807) is 6.20 Å². The second-order valence-corrected chi connectivity index (χ2v) is 4.96. The number of nitrogens with two attached hydrogens (primary N) is 1. The van der Waals surface area contributed by atoms with Gasteiger partial charge in [0.25, 0.3) is 0 Å². The Morgan fingerprint density at radius 3 is 2.41 bits per heavy atom. The Morgan fingerprint density at radius 1 is 1.24 bits per heavy atom. The van der Waals surface area contributed by atoms with E-state index in [1.165, 1.54) is 5.56 Å². The van der Waals surface area contributed by atoms with Crippen molar-refractivity contribution in [3.05, 3.63) is 54.1 Å². The van der Waals surface area contributed by atoms with Crippen LogP contribution in [0.4, 0.5) is 0 Å². The van der Waals surface area contributed by atoms with Crippen LogP contribution in [0.1, 0.15) is 31.3 Å². The molecule has 90 valence electrons. The summed E-state index contributed by atoms with van der Waals surface area (Å²) in [5.41, 5.74) is 7.46. The largest absolute Gasteiger partial charge is 0.337 e. The van der Waals surface area contributed by atoms with E-state index in [2.05, 4.69) is 31.0 Å². The number of benzene rings is 1. The molecule has 0 amide bonds. The van der Waals surface area contributed by atoms with Gasteiger partial charge in [0.2, 0.25) is 0 Å². The highest BCUT2D eigenvalue weighted by atomic mass is 15.1. The molecule has 17 heavy (non-hydrogen) atoms. The van der Waals surface area contributed by atoms with E-state index in [9.17, 15) is 0 Å². The van der Waals surface area contributed by atoms with Gasteiger partial charge in [0.15, 0.2) is 0 Å². The molecule has 0 fully saturated rings. The van der Waals surface area contributed by atoms with Crippen LogP contribution in [0.25, 0.3) is 0 Å². The van der Waals surface area contributed by atoms with E-state index in [0.717, 1.165) is 5.82 Å². The molecule has 0 aliphatic heterocycles. The average molecular weight is 229 g/mol. The average Bonchev–Trinajstić information content (AvgIpc) is 2.75. The Kier molecular flexibility index (Phi) is 3.03.